The van der Waals surface area contributed by atoms with Gasteiger partial charge < -0.3 is 20.3 Å². The van der Waals surface area contributed by atoms with E-state index < -0.39 is 18.2 Å². The number of nitrogens with one attached hydrogen (secondary N) is 1. The van der Waals surface area contributed by atoms with Crippen LogP contribution in [0.15, 0.2) is 85.1 Å². The normalized spacial score (nSPS) is 14.1. The summed E-state index contributed by atoms with van der Waals surface area (Å²) in [5, 5.41) is 23.6. The number of aliphatic hydroxyl groups excluding tert-OH is 2. The predicted molar refractivity (Wildman–Crippen MR) is 245 cm³/mol. The minimum absolute atomic E-state index is 0.0460. The molecule has 0 spiro atoms. The second kappa shape index (κ2) is 44.1. The van der Waals surface area contributed by atoms with Gasteiger partial charge in [0.2, 0.25) is 5.91 Å². The van der Waals surface area contributed by atoms with Crippen LogP contribution < -0.4 is 5.32 Å². The molecule has 0 aliphatic heterocycles. The van der Waals surface area contributed by atoms with Crippen LogP contribution in [-0.2, 0) is 14.3 Å². The van der Waals surface area contributed by atoms with Crippen molar-refractivity contribution in [2.75, 3.05) is 6.61 Å². The van der Waals surface area contributed by atoms with E-state index in [0.717, 1.165) is 103 Å². The molecule has 3 unspecified atom stereocenters. The Morgan fingerprint density at radius 2 is 1.04 bits per heavy atom. The van der Waals surface area contributed by atoms with Crippen molar-refractivity contribution in [3.8, 4) is 0 Å². The Morgan fingerprint density at radius 3 is 1.63 bits per heavy atom. The van der Waals surface area contributed by atoms with Crippen LogP contribution in [0.25, 0.3) is 0 Å². The van der Waals surface area contributed by atoms with E-state index in [1.807, 2.05) is 42.5 Å². The Morgan fingerprint density at radius 1 is 0.544 bits per heavy atom. The number of hydrogen-bond acceptors (Lipinski definition) is 5. The smallest absolute Gasteiger partial charge is 0.306 e. The zero-order valence-corrected chi connectivity index (χ0v) is 36.9. The van der Waals surface area contributed by atoms with Crippen molar-refractivity contribution in [2.45, 2.75) is 219 Å². The first-order chi connectivity index (χ1) is 28.0. The molecule has 6 nitrogen and oxygen atoms in total. The van der Waals surface area contributed by atoms with Crippen LogP contribution in [-0.4, -0.2) is 46.9 Å². The molecule has 3 N–H and O–H groups in total. The van der Waals surface area contributed by atoms with Gasteiger partial charge in [-0.1, -0.05) is 202 Å². The molecular formula is C51H87NO5. The maximum absolute atomic E-state index is 13.1. The van der Waals surface area contributed by atoms with Gasteiger partial charge in [-0.05, 0) is 70.6 Å². The summed E-state index contributed by atoms with van der Waals surface area (Å²) in [6.45, 7) is 6.19. The maximum atomic E-state index is 13.1. The SMILES string of the molecule is CC/C=C/C=C/C=C\C=C/C=C/CCCCCC(=O)OC(CCCCCCC/C=C/C/C=C/CC)CC(=O)NC(CO)C(O)CCCCCCCCCCCCC. The summed E-state index contributed by atoms with van der Waals surface area (Å²) in [5.41, 5.74) is 0. The van der Waals surface area contributed by atoms with E-state index in [1.165, 1.54) is 51.4 Å². The quantitative estimate of drug-likeness (QED) is 0.0248. The third kappa shape index (κ3) is 39.6. The van der Waals surface area contributed by atoms with Crippen LogP contribution >= 0.6 is 0 Å². The molecule has 0 aromatic carbocycles. The molecular weight excluding hydrogens is 707 g/mol. The number of esters is 1. The average molecular weight is 794 g/mol. The number of unbranched alkanes of at least 4 members (excludes halogenated alkanes) is 18. The van der Waals surface area contributed by atoms with Crippen molar-refractivity contribution in [1.82, 2.24) is 5.32 Å². The number of amides is 1. The molecule has 1 amide bonds. The van der Waals surface area contributed by atoms with Crippen molar-refractivity contribution in [1.29, 1.82) is 0 Å². The Hall–Kier alpha value is -2.96. The first-order valence-corrected chi connectivity index (χ1v) is 23.4. The largest absolute Gasteiger partial charge is 0.462 e. The number of rotatable bonds is 40. The molecule has 0 aromatic rings. The third-order valence-electron chi connectivity index (χ3n) is 10.1. The molecule has 0 saturated carbocycles. The van der Waals surface area contributed by atoms with Gasteiger partial charge in [0.1, 0.15) is 6.10 Å². The number of allylic oxidation sites excluding steroid dienone is 14. The average Bonchev–Trinajstić information content (AvgIpc) is 3.20. The third-order valence-corrected chi connectivity index (χ3v) is 10.1. The molecule has 0 aliphatic rings. The van der Waals surface area contributed by atoms with Crippen LogP contribution in [0.2, 0.25) is 0 Å². The fourth-order valence-electron chi connectivity index (χ4n) is 6.61. The Kier molecular flexibility index (Phi) is 41.9. The van der Waals surface area contributed by atoms with Gasteiger partial charge in [0, 0.05) is 6.42 Å². The minimum atomic E-state index is -0.802. The van der Waals surface area contributed by atoms with E-state index in [9.17, 15) is 19.8 Å². The van der Waals surface area contributed by atoms with Gasteiger partial charge in [-0.3, -0.25) is 9.59 Å². The molecule has 0 fully saturated rings. The Labute approximate surface area is 351 Å². The number of carbonyl (C=O) groups excluding carboxylic acids is 2. The highest BCUT2D eigenvalue weighted by atomic mass is 16.5. The number of ether oxygens (including phenoxy) is 1. The summed E-state index contributed by atoms with van der Waals surface area (Å²) in [4.78, 5) is 26.0. The van der Waals surface area contributed by atoms with E-state index in [4.69, 9.17) is 4.74 Å². The monoisotopic (exact) mass is 794 g/mol. The number of aliphatic hydroxyl groups is 2. The molecule has 0 heterocycles. The summed E-state index contributed by atoms with van der Waals surface area (Å²) >= 11 is 0. The molecule has 0 radical (unpaired) electrons. The van der Waals surface area contributed by atoms with E-state index >= 15 is 0 Å². The molecule has 0 bridgehead atoms. The molecule has 0 aliphatic carbocycles. The van der Waals surface area contributed by atoms with Gasteiger partial charge in [0.15, 0.2) is 0 Å². The van der Waals surface area contributed by atoms with E-state index in [1.54, 1.807) is 0 Å². The lowest BCUT2D eigenvalue weighted by Gasteiger charge is -2.24. The van der Waals surface area contributed by atoms with E-state index in [-0.39, 0.29) is 24.9 Å². The fourth-order valence-corrected chi connectivity index (χ4v) is 6.61. The van der Waals surface area contributed by atoms with Gasteiger partial charge in [0.05, 0.1) is 25.2 Å². The van der Waals surface area contributed by atoms with Crippen LogP contribution in [0.3, 0.4) is 0 Å². The molecule has 6 heteroatoms. The highest BCUT2D eigenvalue weighted by molar-refractivity contribution is 5.77. The number of hydrogen-bond donors (Lipinski definition) is 3. The molecule has 57 heavy (non-hydrogen) atoms. The standard InChI is InChI=1S/C51H87NO5/c1-4-7-10-13-16-19-22-24-25-26-29-32-35-38-41-44-51(56)57-47(42-39-36-33-30-28-23-20-17-14-11-8-5-2)45-50(55)52-48(46-53)49(54)43-40-37-34-31-27-21-18-15-12-9-6-3/h7-8,10-11,13,16-17,19-20,22,24-26,29,47-49,53-54H,4-6,9,12,14-15,18,21,23,27-28,30-46H2,1-3H3,(H,52,55)/b10-7+,11-8+,16-13+,20-17+,22-19-,25-24-,29-26+. The summed E-state index contributed by atoms with van der Waals surface area (Å²) in [6, 6.07) is -0.718. The topological polar surface area (TPSA) is 95.9 Å². The van der Waals surface area contributed by atoms with Crippen molar-refractivity contribution >= 4 is 11.9 Å². The molecule has 326 valence electrons. The zero-order chi connectivity index (χ0) is 41.7. The minimum Gasteiger partial charge on any atom is -0.462 e. The zero-order valence-electron chi connectivity index (χ0n) is 36.9. The summed E-state index contributed by atoms with van der Waals surface area (Å²) in [6.07, 6.45) is 56.4. The van der Waals surface area contributed by atoms with Gasteiger partial charge in [0.25, 0.3) is 0 Å². The Balaban J connectivity index is 4.71. The van der Waals surface area contributed by atoms with Gasteiger partial charge in [-0.15, -0.1) is 0 Å². The Bertz CT molecular complexity index is 1120. The lowest BCUT2D eigenvalue weighted by molar-refractivity contribution is -0.151. The van der Waals surface area contributed by atoms with Crippen LogP contribution in [0, 0.1) is 0 Å². The highest BCUT2D eigenvalue weighted by Crippen LogP contribution is 2.17. The summed E-state index contributed by atoms with van der Waals surface area (Å²) in [5.74, 6) is -0.546. The summed E-state index contributed by atoms with van der Waals surface area (Å²) in [7, 11) is 0. The van der Waals surface area contributed by atoms with Crippen LogP contribution in [0.5, 0.6) is 0 Å². The predicted octanol–water partition coefficient (Wildman–Crippen LogP) is 13.6. The fraction of sp³-hybridized carbons (Fsp3) is 0.686. The highest BCUT2D eigenvalue weighted by Gasteiger charge is 2.24. The van der Waals surface area contributed by atoms with Crippen LogP contribution in [0.1, 0.15) is 201 Å². The lowest BCUT2D eigenvalue weighted by Crippen LogP contribution is -2.46. The van der Waals surface area contributed by atoms with E-state index in [0.29, 0.717) is 19.3 Å². The second-order valence-electron chi connectivity index (χ2n) is 15.5. The van der Waals surface area contributed by atoms with Gasteiger partial charge >= 0.3 is 5.97 Å². The van der Waals surface area contributed by atoms with E-state index in [2.05, 4.69) is 68.6 Å². The molecule has 0 aromatic heterocycles. The molecule has 0 saturated heterocycles. The molecule has 0 rings (SSSR count). The van der Waals surface area contributed by atoms with Gasteiger partial charge in [-0.25, -0.2) is 0 Å². The van der Waals surface area contributed by atoms with Crippen molar-refractivity contribution in [3.05, 3.63) is 85.1 Å². The van der Waals surface area contributed by atoms with Crippen molar-refractivity contribution in [3.63, 3.8) is 0 Å². The van der Waals surface area contributed by atoms with Gasteiger partial charge in [-0.2, -0.15) is 0 Å². The molecule has 3 atom stereocenters. The second-order valence-corrected chi connectivity index (χ2v) is 15.5. The lowest BCUT2D eigenvalue weighted by atomic mass is 10.0. The first-order valence-electron chi connectivity index (χ1n) is 23.4. The van der Waals surface area contributed by atoms with Crippen LogP contribution in [0.4, 0.5) is 0 Å². The summed E-state index contributed by atoms with van der Waals surface area (Å²) < 4.78 is 5.88. The van der Waals surface area contributed by atoms with Crippen molar-refractivity contribution < 1.29 is 24.5 Å². The maximum Gasteiger partial charge on any atom is 0.306 e. The number of carbonyl (C=O) groups is 2. The first kappa shape index (κ1) is 54.0. The van der Waals surface area contributed by atoms with Crippen molar-refractivity contribution in [2.24, 2.45) is 0 Å².